The molecule has 3 aromatic rings. The summed E-state index contributed by atoms with van der Waals surface area (Å²) in [7, 11) is 0. The van der Waals surface area contributed by atoms with Crippen LogP contribution in [-0.4, -0.2) is 18.7 Å². The molecule has 1 heterocycles. The third kappa shape index (κ3) is 4.42. The number of nitrogens with zero attached hydrogens (tertiary/aromatic N) is 1. The highest BCUT2D eigenvalue weighted by atomic mass is 16.5. The number of amides is 1. The van der Waals surface area contributed by atoms with E-state index in [0.717, 1.165) is 45.6 Å². The molecule has 0 radical (unpaired) electrons. The molecule has 0 unspecified atom stereocenters. The molecule has 1 amide bonds. The lowest BCUT2D eigenvalue weighted by Crippen LogP contribution is -2.25. The van der Waals surface area contributed by atoms with Crippen molar-refractivity contribution in [1.82, 2.24) is 5.43 Å². The number of fused-ring (bicyclic) bond motifs is 1. The normalized spacial score (nSPS) is 11.5. The zero-order chi connectivity index (χ0) is 20.1. The first-order valence-corrected chi connectivity index (χ1v) is 9.55. The van der Waals surface area contributed by atoms with Gasteiger partial charge in [0.25, 0.3) is 5.91 Å². The van der Waals surface area contributed by atoms with Crippen LogP contribution < -0.4 is 10.2 Å². The number of hydrogen-bond acceptors (Lipinski definition) is 4. The summed E-state index contributed by atoms with van der Waals surface area (Å²) in [5.41, 5.74) is 6.42. The second-order valence-corrected chi connectivity index (χ2v) is 7.07. The Kier molecular flexibility index (Phi) is 6.14. The van der Waals surface area contributed by atoms with Gasteiger partial charge in [-0.05, 0) is 36.1 Å². The SMILES string of the molecule is CCc1oc2ccccc2c1/C=N\NC(=O)COc1cc(C)ccc1C(C)C. The molecule has 0 aliphatic heterocycles. The average molecular weight is 378 g/mol. The molecule has 0 saturated carbocycles. The number of para-hydroxylation sites is 1. The molecule has 28 heavy (non-hydrogen) atoms. The summed E-state index contributed by atoms with van der Waals surface area (Å²) in [5, 5.41) is 5.08. The monoisotopic (exact) mass is 378 g/mol. The van der Waals surface area contributed by atoms with E-state index in [1.165, 1.54) is 0 Å². The maximum absolute atomic E-state index is 12.2. The molecule has 1 aromatic heterocycles. The van der Waals surface area contributed by atoms with Gasteiger partial charge in [-0.3, -0.25) is 4.79 Å². The molecular formula is C23H26N2O3. The number of nitrogens with one attached hydrogen (secondary N) is 1. The van der Waals surface area contributed by atoms with Crippen molar-refractivity contribution in [1.29, 1.82) is 0 Å². The highest BCUT2D eigenvalue weighted by Crippen LogP contribution is 2.27. The van der Waals surface area contributed by atoms with Crippen molar-refractivity contribution in [3.05, 3.63) is 64.9 Å². The molecule has 1 N–H and O–H groups in total. The average Bonchev–Trinajstić information content (AvgIpc) is 3.04. The highest BCUT2D eigenvalue weighted by molar-refractivity contribution is 5.99. The van der Waals surface area contributed by atoms with Crippen molar-refractivity contribution < 1.29 is 13.9 Å². The molecule has 5 nitrogen and oxygen atoms in total. The fourth-order valence-electron chi connectivity index (χ4n) is 3.11. The van der Waals surface area contributed by atoms with E-state index in [1.807, 2.05) is 56.3 Å². The fraction of sp³-hybridized carbons (Fsp3) is 0.304. The van der Waals surface area contributed by atoms with Crippen LogP contribution in [0.25, 0.3) is 11.0 Å². The Morgan fingerprint density at radius 2 is 2.04 bits per heavy atom. The molecule has 0 fully saturated rings. The molecule has 5 heteroatoms. The number of benzene rings is 2. The number of ether oxygens (including phenoxy) is 1. The summed E-state index contributed by atoms with van der Waals surface area (Å²) in [4.78, 5) is 12.2. The maximum atomic E-state index is 12.2. The number of carbonyl (C=O) groups is 1. The van der Waals surface area contributed by atoms with Crippen LogP contribution in [-0.2, 0) is 11.2 Å². The van der Waals surface area contributed by atoms with Crippen molar-refractivity contribution in [2.75, 3.05) is 6.61 Å². The Morgan fingerprint density at radius 3 is 2.79 bits per heavy atom. The molecule has 0 aliphatic rings. The number of hydrazone groups is 1. The van der Waals surface area contributed by atoms with Crippen molar-refractivity contribution in [2.45, 2.75) is 40.0 Å². The van der Waals surface area contributed by atoms with Gasteiger partial charge in [0.15, 0.2) is 6.61 Å². The van der Waals surface area contributed by atoms with Crippen LogP contribution in [0.1, 0.15) is 49.1 Å². The van der Waals surface area contributed by atoms with Gasteiger partial charge in [0.1, 0.15) is 17.1 Å². The summed E-state index contributed by atoms with van der Waals surface area (Å²) in [5.74, 6) is 1.59. The molecule has 0 aliphatic carbocycles. The van der Waals surface area contributed by atoms with Crippen molar-refractivity contribution in [2.24, 2.45) is 5.10 Å². The standard InChI is InChI=1S/C23H26N2O3/c1-5-20-19(18-8-6-7-9-21(18)28-20)13-24-25-23(26)14-27-22-12-16(4)10-11-17(22)15(2)3/h6-13,15H,5,14H2,1-4H3,(H,25,26)/b24-13-. The van der Waals surface area contributed by atoms with E-state index in [-0.39, 0.29) is 12.5 Å². The van der Waals surface area contributed by atoms with Crippen molar-refractivity contribution >= 4 is 23.1 Å². The van der Waals surface area contributed by atoms with Crippen molar-refractivity contribution in [3.63, 3.8) is 0 Å². The van der Waals surface area contributed by atoms with Gasteiger partial charge >= 0.3 is 0 Å². The largest absolute Gasteiger partial charge is 0.483 e. The van der Waals surface area contributed by atoms with Crippen LogP contribution in [0.3, 0.4) is 0 Å². The second kappa shape index (κ2) is 8.74. The fourth-order valence-corrected chi connectivity index (χ4v) is 3.11. The maximum Gasteiger partial charge on any atom is 0.277 e. The van der Waals surface area contributed by atoms with Gasteiger partial charge in [-0.25, -0.2) is 5.43 Å². The number of rotatable bonds is 7. The third-order valence-corrected chi connectivity index (χ3v) is 4.56. The molecule has 0 atom stereocenters. The predicted molar refractivity (Wildman–Crippen MR) is 112 cm³/mol. The van der Waals surface area contributed by atoms with Crippen LogP contribution in [0.2, 0.25) is 0 Å². The van der Waals surface area contributed by atoms with Crippen LogP contribution in [0.15, 0.2) is 52.0 Å². The number of carbonyl (C=O) groups excluding carboxylic acids is 1. The van der Waals surface area contributed by atoms with E-state index in [9.17, 15) is 4.79 Å². The van der Waals surface area contributed by atoms with E-state index >= 15 is 0 Å². The van der Waals surface area contributed by atoms with Crippen molar-refractivity contribution in [3.8, 4) is 5.75 Å². The summed E-state index contributed by atoms with van der Waals surface area (Å²) >= 11 is 0. The summed E-state index contributed by atoms with van der Waals surface area (Å²) in [6, 6.07) is 13.8. The number of hydrogen-bond donors (Lipinski definition) is 1. The van der Waals surface area contributed by atoms with Gasteiger partial charge in [-0.2, -0.15) is 5.10 Å². The summed E-state index contributed by atoms with van der Waals surface area (Å²) in [6.45, 7) is 8.13. The van der Waals surface area contributed by atoms with E-state index in [1.54, 1.807) is 6.21 Å². The van der Waals surface area contributed by atoms with Crippen LogP contribution >= 0.6 is 0 Å². The molecule has 2 aromatic carbocycles. The molecular weight excluding hydrogens is 352 g/mol. The van der Waals surface area contributed by atoms with E-state index in [4.69, 9.17) is 9.15 Å². The number of aryl methyl sites for hydroxylation is 2. The Balaban J connectivity index is 1.65. The first-order chi connectivity index (χ1) is 13.5. The van der Waals surface area contributed by atoms with Gasteiger partial charge in [-0.1, -0.05) is 51.1 Å². The van der Waals surface area contributed by atoms with Gasteiger partial charge in [0, 0.05) is 17.4 Å². The minimum Gasteiger partial charge on any atom is -0.483 e. The second-order valence-electron chi connectivity index (χ2n) is 7.07. The molecule has 3 rings (SSSR count). The Bertz CT molecular complexity index is 1000. The zero-order valence-corrected chi connectivity index (χ0v) is 16.8. The van der Waals surface area contributed by atoms with Gasteiger partial charge < -0.3 is 9.15 Å². The lowest BCUT2D eigenvalue weighted by atomic mass is 10.0. The highest BCUT2D eigenvalue weighted by Gasteiger charge is 2.12. The minimum atomic E-state index is -0.307. The van der Waals surface area contributed by atoms with Gasteiger partial charge in [-0.15, -0.1) is 0 Å². The van der Waals surface area contributed by atoms with E-state index in [2.05, 4.69) is 24.4 Å². The van der Waals surface area contributed by atoms with E-state index < -0.39 is 0 Å². The van der Waals surface area contributed by atoms with Crippen LogP contribution in [0.4, 0.5) is 0 Å². The van der Waals surface area contributed by atoms with Gasteiger partial charge in [0.2, 0.25) is 0 Å². The lowest BCUT2D eigenvalue weighted by Gasteiger charge is -2.14. The quantitative estimate of drug-likeness (QED) is 0.467. The minimum absolute atomic E-state index is 0.0900. The molecule has 0 spiro atoms. The predicted octanol–water partition coefficient (Wildman–Crippen LogP) is 4.96. The van der Waals surface area contributed by atoms with E-state index in [0.29, 0.717) is 5.92 Å². The number of furan rings is 1. The Labute approximate surface area is 165 Å². The Hall–Kier alpha value is -3.08. The molecule has 146 valence electrons. The third-order valence-electron chi connectivity index (χ3n) is 4.56. The summed E-state index contributed by atoms with van der Waals surface area (Å²) in [6.07, 6.45) is 2.38. The zero-order valence-electron chi connectivity index (χ0n) is 16.8. The lowest BCUT2D eigenvalue weighted by molar-refractivity contribution is -0.123. The first kappa shape index (κ1) is 19.7. The van der Waals surface area contributed by atoms with Gasteiger partial charge in [0.05, 0.1) is 6.21 Å². The molecule has 0 saturated heterocycles. The first-order valence-electron chi connectivity index (χ1n) is 9.55. The summed E-state index contributed by atoms with van der Waals surface area (Å²) < 4.78 is 11.6. The topological polar surface area (TPSA) is 63.8 Å². The van der Waals surface area contributed by atoms with Crippen LogP contribution in [0, 0.1) is 6.92 Å². The molecule has 0 bridgehead atoms. The van der Waals surface area contributed by atoms with Crippen LogP contribution in [0.5, 0.6) is 5.75 Å². The Morgan fingerprint density at radius 1 is 1.25 bits per heavy atom. The smallest absolute Gasteiger partial charge is 0.277 e.